The van der Waals surface area contributed by atoms with E-state index in [1.54, 1.807) is 26.0 Å². The topological polar surface area (TPSA) is 119 Å². The van der Waals surface area contributed by atoms with Crippen molar-refractivity contribution in [3.05, 3.63) is 66.2 Å². The third-order valence-electron chi connectivity index (χ3n) is 3.22. The molecule has 0 atom stereocenters. The first kappa shape index (κ1) is 17.2. The zero-order valence-corrected chi connectivity index (χ0v) is 13.3. The van der Waals surface area contributed by atoms with Crippen LogP contribution >= 0.6 is 11.6 Å². The van der Waals surface area contributed by atoms with Crippen LogP contribution in [0.3, 0.4) is 0 Å². The lowest BCUT2D eigenvalue weighted by Gasteiger charge is -2.12. The van der Waals surface area contributed by atoms with E-state index >= 15 is 0 Å². The zero-order chi connectivity index (χ0) is 18.0. The minimum absolute atomic E-state index is 0.216. The van der Waals surface area contributed by atoms with E-state index in [0.717, 1.165) is 12.1 Å². The van der Waals surface area contributed by atoms with Crippen molar-refractivity contribution in [2.75, 3.05) is 0 Å². The molecule has 0 saturated heterocycles. The van der Waals surface area contributed by atoms with Gasteiger partial charge in [-0.1, -0.05) is 11.6 Å². The summed E-state index contributed by atoms with van der Waals surface area (Å²) in [6, 6.07) is 6.93. The number of nitro benzene ring substituents is 2. The van der Waals surface area contributed by atoms with Crippen LogP contribution in [0.5, 0.6) is 11.5 Å². The molecule has 0 fully saturated rings. The van der Waals surface area contributed by atoms with Crippen molar-refractivity contribution >= 4 is 23.0 Å². The van der Waals surface area contributed by atoms with Gasteiger partial charge in [0, 0.05) is 6.07 Å². The number of aryl methyl sites for hydroxylation is 2. The van der Waals surface area contributed by atoms with Crippen LogP contribution in [0.2, 0.25) is 5.02 Å². The predicted octanol–water partition coefficient (Wildman–Crippen LogP) is 4.44. The molecule has 8 nitrogen and oxygen atoms in total. The number of ether oxygens (including phenoxy) is 1. The first-order valence-corrected chi connectivity index (χ1v) is 6.94. The first-order valence-electron chi connectivity index (χ1n) is 6.56. The number of nitrogens with zero attached hydrogens (tertiary/aromatic N) is 3. The maximum absolute atomic E-state index is 11.2. The molecule has 0 heterocycles. The Balaban J connectivity index is 2.59. The van der Waals surface area contributed by atoms with Crippen LogP contribution in [0.1, 0.15) is 16.7 Å². The molecule has 0 aliphatic rings. The van der Waals surface area contributed by atoms with Crippen molar-refractivity contribution < 1.29 is 14.6 Å². The summed E-state index contributed by atoms with van der Waals surface area (Å²) in [5.74, 6) is 0.105. The largest absolute Gasteiger partial charge is 0.450 e. The Morgan fingerprint density at radius 2 is 1.58 bits per heavy atom. The number of nitro groups is 2. The van der Waals surface area contributed by atoms with Crippen molar-refractivity contribution in [3.8, 4) is 17.6 Å². The number of nitriles is 1. The van der Waals surface area contributed by atoms with Gasteiger partial charge in [-0.05, 0) is 37.1 Å². The van der Waals surface area contributed by atoms with Crippen molar-refractivity contribution in [2.45, 2.75) is 13.8 Å². The van der Waals surface area contributed by atoms with Crippen molar-refractivity contribution in [2.24, 2.45) is 0 Å². The molecule has 2 rings (SSSR count). The monoisotopic (exact) mass is 347 g/mol. The van der Waals surface area contributed by atoms with E-state index in [9.17, 15) is 20.2 Å². The third kappa shape index (κ3) is 3.26. The van der Waals surface area contributed by atoms with E-state index < -0.39 is 21.2 Å². The summed E-state index contributed by atoms with van der Waals surface area (Å²) in [6.07, 6.45) is 0. The summed E-state index contributed by atoms with van der Waals surface area (Å²) >= 11 is 5.81. The summed E-state index contributed by atoms with van der Waals surface area (Å²) in [5.41, 5.74) is 0.456. The van der Waals surface area contributed by atoms with Crippen molar-refractivity contribution in [1.29, 1.82) is 5.26 Å². The smallest absolute Gasteiger partial charge is 0.318 e. The number of hydrogen-bond donors (Lipinski definition) is 0. The molecule has 0 bridgehead atoms. The van der Waals surface area contributed by atoms with Gasteiger partial charge in [0.05, 0.1) is 27.5 Å². The second-order valence-electron chi connectivity index (χ2n) is 4.94. The van der Waals surface area contributed by atoms with E-state index in [-0.39, 0.29) is 10.8 Å². The highest BCUT2D eigenvalue weighted by Gasteiger charge is 2.26. The molecule has 0 spiro atoms. The zero-order valence-electron chi connectivity index (χ0n) is 12.6. The number of benzene rings is 2. The molecule has 2 aromatic rings. The molecule has 0 aliphatic carbocycles. The fourth-order valence-corrected chi connectivity index (χ4v) is 2.41. The van der Waals surface area contributed by atoms with Gasteiger partial charge in [0.25, 0.3) is 5.69 Å². The third-order valence-corrected chi connectivity index (χ3v) is 3.53. The Kier molecular flexibility index (Phi) is 4.66. The van der Waals surface area contributed by atoms with E-state index in [1.807, 2.05) is 6.07 Å². The van der Waals surface area contributed by atoms with Gasteiger partial charge in [0.2, 0.25) is 5.75 Å². The number of rotatable bonds is 4. The molecule has 0 unspecified atom stereocenters. The SMILES string of the molecule is Cc1cc(C#N)cc(C)c1Oc1cc(Cl)c([N+](=O)[O-])cc1[N+](=O)[O-]. The van der Waals surface area contributed by atoms with E-state index in [2.05, 4.69) is 0 Å². The van der Waals surface area contributed by atoms with Crippen LogP contribution < -0.4 is 4.74 Å². The molecular formula is C15H10ClN3O5. The quantitative estimate of drug-likeness (QED) is 0.595. The number of hydrogen-bond acceptors (Lipinski definition) is 6. The Bertz CT molecular complexity index is 882. The highest BCUT2D eigenvalue weighted by Crippen LogP contribution is 2.40. The summed E-state index contributed by atoms with van der Waals surface area (Å²) in [4.78, 5) is 20.5. The van der Waals surface area contributed by atoms with Gasteiger partial charge in [-0.25, -0.2) is 0 Å². The highest BCUT2D eigenvalue weighted by molar-refractivity contribution is 6.32. The van der Waals surface area contributed by atoms with Gasteiger partial charge in [-0.15, -0.1) is 0 Å². The molecule has 0 aliphatic heterocycles. The lowest BCUT2D eigenvalue weighted by Crippen LogP contribution is -1.99. The van der Waals surface area contributed by atoms with Gasteiger partial charge in [-0.3, -0.25) is 20.2 Å². The molecule has 0 amide bonds. The summed E-state index contributed by atoms with van der Waals surface area (Å²) in [5, 5.41) is 30.7. The van der Waals surface area contributed by atoms with Crippen LogP contribution in [-0.2, 0) is 0 Å². The maximum atomic E-state index is 11.2. The van der Waals surface area contributed by atoms with Crippen LogP contribution in [0.25, 0.3) is 0 Å². The molecule has 0 saturated carbocycles. The van der Waals surface area contributed by atoms with E-state index in [0.29, 0.717) is 22.4 Å². The van der Waals surface area contributed by atoms with Crippen LogP contribution in [-0.4, -0.2) is 9.85 Å². The van der Waals surface area contributed by atoms with Gasteiger partial charge < -0.3 is 4.74 Å². The second kappa shape index (κ2) is 6.52. The normalized spacial score (nSPS) is 10.1. The van der Waals surface area contributed by atoms with E-state index in [1.165, 1.54) is 0 Å². The molecule has 2 aromatic carbocycles. The molecule has 0 aromatic heterocycles. The highest BCUT2D eigenvalue weighted by atomic mass is 35.5. The molecule has 122 valence electrons. The van der Waals surface area contributed by atoms with Gasteiger partial charge in [-0.2, -0.15) is 5.26 Å². The van der Waals surface area contributed by atoms with Gasteiger partial charge in [0.15, 0.2) is 0 Å². The minimum atomic E-state index is -0.808. The fourth-order valence-electron chi connectivity index (χ4n) is 2.18. The molecule has 0 N–H and O–H groups in total. The predicted molar refractivity (Wildman–Crippen MR) is 85.5 cm³/mol. The van der Waals surface area contributed by atoms with Gasteiger partial charge in [0.1, 0.15) is 10.8 Å². The van der Waals surface area contributed by atoms with Crippen molar-refractivity contribution in [3.63, 3.8) is 0 Å². The first-order chi connectivity index (χ1) is 11.2. The van der Waals surface area contributed by atoms with Crippen molar-refractivity contribution in [1.82, 2.24) is 0 Å². The second-order valence-corrected chi connectivity index (χ2v) is 5.35. The van der Waals surface area contributed by atoms with Crippen LogP contribution in [0, 0.1) is 45.4 Å². The standard InChI is InChI=1S/C15H10ClN3O5/c1-8-3-10(7-17)4-9(2)15(8)24-14-5-11(16)12(18(20)21)6-13(14)19(22)23/h3-6H,1-2H3. The molecule has 24 heavy (non-hydrogen) atoms. The summed E-state index contributed by atoms with van der Waals surface area (Å²) in [6.45, 7) is 3.37. The Morgan fingerprint density at radius 3 is 2.04 bits per heavy atom. The Hall–Kier alpha value is -3.18. The maximum Gasteiger partial charge on any atom is 0.318 e. The van der Waals surface area contributed by atoms with E-state index in [4.69, 9.17) is 21.6 Å². The molecule has 0 radical (unpaired) electrons. The average Bonchev–Trinajstić information content (AvgIpc) is 2.49. The van der Waals surface area contributed by atoms with Crippen LogP contribution in [0.15, 0.2) is 24.3 Å². The van der Waals surface area contributed by atoms with Crippen LogP contribution in [0.4, 0.5) is 11.4 Å². The average molecular weight is 348 g/mol. The number of halogens is 1. The minimum Gasteiger partial charge on any atom is -0.450 e. The fraction of sp³-hybridized carbons (Fsp3) is 0.133. The lowest BCUT2D eigenvalue weighted by atomic mass is 10.1. The Labute approximate surface area is 141 Å². The Morgan fingerprint density at radius 1 is 1.04 bits per heavy atom. The lowest BCUT2D eigenvalue weighted by molar-refractivity contribution is -0.394. The summed E-state index contributed by atoms with van der Waals surface area (Å²) < 4.78 is 5.59. The summed E-state index contributed by atoms with van der Waals surface area (Å²) in [7, 11) is 0. The molecular weight excluding hydrogens is 338 g/mol. The molecule has 9 heteroatoms. The van der Waals surface area contributed by atoms with Gasteiger partial charge >= 0.3 is 5.69 Å².